The minimum absolute atomic E-state index is 0.171. The number of rotatable bonds is 6. The van der Waals surface area contributed by atoms with Crippen LogP contribution in [0, 0.1) is 0 Å². The molecular formula is C18H14Cl2N4O3. The van der Waals surface area contributed by atoms with Gasteiger partial charge in [-0.05, 0) is 42.5 Å². The Hall–Kier alpha value is -3.03. The SMILES string of the molecule is NC(=O)c1ccn(-c2ccc(NC(=O)COc3cc(Cl)ccc3Cl)cc2)n1. The number of carbonyl (C=O) groups excluding carboxylic acids is 2. The summed E-state index contributed by atoms with van der Waals surface area (Å²) in [7, 11) is 0. The molecule has 2 aromatic carbocycles. The number of hydrogen-bond donors (Lipinski definition) is 2. The van der Waals surface area contributed by atoms with Crippen molar-refractivity contribution < 1.29 is 14.3 Å². The van der Waals surface area contributed by atoms with Crippen molar-refractivity contribution in [1.82, 2.24) is 9.78 Å². The summed E-state index contributed by atoms with van der Waals surface area (Å²) in [5.74, 6) is -0.620. The number of anilines is 1. The molecule has 27 heavy (non-hydrogen) atoms. The molecule has 2 amide bonds. The van der Waals surface area contributed by atoms with Gasteiger partial charge in [0.2, 0.25) is 0 Å². The number of nitrogens with two attached hydrogens (primary N) is 1. The molecular weight excluding hydrogens is 391 g/mol. The highest BCUT2D eigenvalue weighted by atomic mass is 35.5. The van der Waals surface area contributed by atoms with Crippen LogP contribution in [0.1, 0.15) is 10.5 Å². The number of nitrogens with one attached hydrogen (secondary N) is 1. The molecule has 3 N–H and O–H groups in total. The number of aromatic nitrogens is 2. The Balaban J connectivity index is 1.59. The molecule has 0 saturated heterocycles. The van der Waals surface area contributed by atoms with Crippen LogP contribution in [0.25, 0.3) is 5.69 Å². The second kappa shape index (κ2) is 8.11. The van der Waals surface area contributed by atoms with Crippen molar-refractivity contribution in [1.29, 1.82) is 0 Å². The summed E-state index contributed by atoms with van der Waals surface area (Å²) < 4.78 is 6.89. The topological polar surface area (TPSA) is 99.2 Å². The fraction of sp³-hybridized carbons (Fsp3) is 0.0556. The van der Waals surface area contributed by atoms with Crippen LogP contribution in [0.15, 0.2) is 54.7 Å². The van der Waals surface area contributed by atoms with Crippen LogP contribution in [-0.4, -0.2) is 28.2 Å². The zero-order chi connectivity index (χ0) is 19.4. The first kappa shape index (κ1) is 18.8. The molecule has 0 atom stereocenters. The lowest BCUT2D eigenvalue weighted by Gasteiger charge is -2.09. The van der Waals surface area contributed by atoms with Crippen molar-refractivity contribution in [3.8, 4) is 11.4 Å². The van der Waals surface area contributed by atoms with Crippen molar-refractivity contribution in [3.05, 3.63) is 70.5 Å². The summed E-state index contributed by atoms with van der Waals surface area (Å²) in [6, 6.07) is 13.2. The number of nitrogens with zero attached hydrogens (tertiary/aromatic N) is 2. The third kappa shape index (κ3) is 4.78. The summed E-state index contributed by atoms with van der Waals surface area (Å²) in [5, 5.41) is 7.59. The average Bonchev–Trinajstić information content (AvgIpc) is 3.13. The van der Waals surface area contributed by atoms with E-state index in [1.54, 1.807) is 42.6 Å². The smallest absolute Gasteiger partial charge is 0.269 e. The van der Waals surface area contributed by atoms with Gasteiger partial charge in [0.15, 0.2) is 6.61 Å². The molecule has 3 rings (SSSR count). The molecule has 3 aromatic rings. The highest BCUT2D eigenvalue weighted by Crippen LogP contribution is 2.27. The third-order valence-electron chi connectivity index (χ3n) is 3.51. The van der Waals surface area contributed by atoms with Crippen LogP contribution in [0.5, 0.6) is 5.75 Å². The van der Waals surface area contributed by atoms with Gasteiger partial charge in [0.1, 0.15) is 11.4 Å². The van der Waals surface area contributed by atoms with Gasteiger partial charge in [-0.15, -0.1) is 0 Å². The molecule has 0 aliphatic rings. The van der Waals surface area contributed by atoms with Gasteiger partial charge in [-0.25, -0.2) is 4.68 Å². The Kier molecular flexibility index (Phi) is 5.63. The Morgan fingerprint density at radius 3 is 2.52 bits per heavy atom. The summed E-state index contributed by atoms with van der Waals surface area (Å²) in [5.41, 5.74) is 6.64. The highest BCUT2D eigenvalue weighted by Gasteiger charge is 2.09. The lowest BCUT2D eigenvalue weighted by Crippen LogP contribution is -2.20. The van der Waals surface area contributed by atoms with Gasteiger partial charge in [0, 0.05) is 23.0 Å². The largest absolute Gasteiger partial charge is 0.482 e. The molecule has 0 unspecified atom stereocenters. The van der Waals surface area contributed by atoms with E-state index in [0.717, 1.165) is 0 Å². The van der Waals surface area contributed by atoms with E-state index >= 15 is 0 Å². The maximum Gasteiger partial charge on any atom is 0.269 e. The molecule has 0 spiro atoms. The number of ether oxygens (including phenoxy) is 1. The van der Waals surface area contributed by atoms with Gasteiger partial charge in [-0.3, -0.25) is 9.59 Å². The van der Waals surface area contributed by atoms with Crippen LogP contribution in [0.4, 0.5) is 5.69 Å². The zero-order valence-corrected chi connectivity index (χ0v) is 15.4. The first-order chi connectivity index (χ1) is 12.9. The number of amides is 2. The predicted octanol–water partition coefficient (Wildman–Crippen LogP) is 3.30. The van der Waals surface area contributed by atoms with Crippen LogP contribution in [0.3, 0.4) is 0 Å². The number of halogens is 2. The number of hydrogen-bond acceptors (Lipinski definition) is 4. The molecule has 138 valence electrons. The first-order valence-electron chi connectivity index (χ1n) is 7.76. The van der Waals surface area contributed by atoms with E-state index in [4.69, 9.17) is 33.7 Å². The first-order valence-corrected chi connectivity index (χ1v) is 8.51. The van der Waals surface area contributed by atoms with Crippen LogP contribution in [-0.2, 0) is 4.79 Å². The van der Waals surface area contributed by atoms with E-state index in [2.05, 4.69) is 10.4 Å². The molecule has 0 aliphatic carbocycles. The van der Waals surface area contributed by atoms with Crippen molar-refractivity contribution in [2.24, 2.45) is 5.73 Å². The van der Waals surface area contributed by atoms with Gasteiger partial charge in [-0.1, -0.05) is 23.2 Å². The van der Waals surface area contributed by atoms with Gasteiger partial charge >= 0.3 is 0 Å². The van der Waals surface area contributed by atoms with Gasteiger partial charge < -0.3 is 15.8 Å². The molecule has 1 heterocycles. The Bertz CT molecular complexity index is 987. The summed E-state index contributed by atoms with van der Waals surface area (Å²) in [4.78, 5) is 23.1. The molecule has 0 bridgehead atoms. The lowest BCUT2D eigenvalue weighted by molar-refractivity contribution is -0.118. The Labute approximate surface area is 164 Å². The van der Waals surface area contributed by atoms with E-state index in [9.17, 15) is 9.59 Å². The Morgan fingerprint density at radius 1 is 1.11 bits per heavy atom. The zero-order valence-electron chi connectivity index (χ0n) is 13.9. The summed E-state index contributed by atoms with van der Waals surface area (Å²) >= 11 is 11.9. The number of carbonyl (C=O) groups is 2. The Morgan fingerprint density at radius 2 is 1.85 bits per heavy atom. The van der Waals surface area contributed by atoms with E-state index in [1.165, 1.54) is 16.8 Å². The quantitative estimate of drug-likeness (QED) is 0.658. The number of primary amides is 1. The van der Waals surface area contributed by atoms with Crippen LogP contribution in [0.2, 0.25) is 10.0 Å². The van der Waals surface area contributed by atoms with Crippen LogP contribution < -0.4 is 15.8 Å². The fourth-order valence-electron chi connectivity index (χ4n) is 2.22. The molecule has 1 aromatic heterocycles. The van der Waals surface area contributed by atoms with Gasteiger partial charge in [0.05, 0.1) is 10.7 Å². The van der Waals surface area contributed by atoms with Gasteiger partial charge in [-0.2, -0.15) is 5.10 Å². The predicted molar refractivity (Wildman–Crippen MR) is 103 cm³/mol. The molecule has 0 aliphatic heterocycles. The summed E-state index contributed by atoms with van der Waals surface area (Å²) in [6.07, 6.45) is 1.62. The fourth-order valence-corrected chi connectivity index (χ4v) is 2.56. The van der Waals surface area contributed by atoms with E-state index in [0.29, 0.717) is 27.2 Å². The molecule has 0 radical (unpaired) electrons. The molecule has 0 saturated carbocycles. The normalized spacial score (nSPS) is 10.4. The van der Waals surface area contributed by atoms with E-state index < -0.39 is 5.91 Å². The molecule has 9 heteroatoms. The van der Waals surface area contributed by atoms with Crippen molar-refractivity contribution in [2.45, 2.75) is 0 Å². The second-order valence-corrected chi connectivity index (χ2v) is 6.31. The maximum atomic E-state index is 12.0. The van der Waals surface area contributed by atoms with Crippen molar-refractivity contribution >= 4 is 40.7 Å². The second-order valence-electron chi connectivity index (χ2n) is 5.47. The van der Waals surface area contributed by atoms with E-state index in [-0.39, 0.29) is 18.2 Å². The maximum absolute atomic E-state index is 12.0. The standard InChI is InChI=1S/C18H14Cl2N4O3/c19-11-1-6-14(20)16(9-11)27-10-17(25)22-12-2-4-13(5-3-12)24-8-7-15(23-24)18(21)26/h1-9H,10H2,(H2,21,26)(H,22,25). The third-order valence-corrected chi connectivity index (χ3v) is 4.06. The van der Waals surface area contributed by atoms with Gasteiger partial charge in [0.25, 0.3) is 11.8 Å². The average molecular weight is 405 g/mol. The van der Waals surface area contributed by atoms with E-state index in [1.807, 2.05) is 0 Å². The molecule has 0 fully saturated rings. The van der Waals surface area contributed by atoms with Crippen molar-refractivity contribution in [3.63, 3.8) is 0 Å². The summed E-state index contributed by atoms with van der Waals surface area (Å²) in [6.45, 7) is -0.219. The van der Waals surface area contributed by atoms with Crippen LogP contribution >= 0.6 is 23.2 Å². The number of benzene rings is 2. The minimum atomic E-state index is -0.600. The minimum Gasteiger partial charge on any atom is -0.482 e. The molecule has 7 nitrogen and oxygen atoms in total. The van der Waals surface area contributed by atoms with Crippen molar-refractivity contribution in [2.75, 3.05) is 11.9 Å². The monoisotopic (exact) mass is 404 g/mol. The lowest BCUT2D eigenvalue weighted by atomic mass is 10.3. The highest BCUT2D eigenvalue weighted by molar-refractivity contribution is 6.34.